The molecule has 5 atom stereocenters. The lowest BCUT2D eigenvalue weighted by molar-refractivity contribution is 0.0379. The maximum absolute atomic E-state index is 12.1. The van der Waals surface area contributed by atoms with Gasteiger partial charge in [0.25, 0.3) is 0 Å². The molecule has 1 saturated heterocycles. The normalized spacial score (nSPS) is 37.5. The molecule has 7 heteroatoms. The molecule has 0 aromatic heterocycles. The SMILES string of the molecule is NC(C1CCN(C(=O)NC2CC2)CC1)C1CC(Cl)C(Cl)CC1O. The fourth-order valence-electron chi connectivity index (χ4n) is 3.86. The van der Waals surface area contributed by atoms with Gasteiger partial charge in [0.05, 0.1) is 16.9 Å². The third-order valence-corrected chi connectivity index (χ3v) is 6.71. The average Bonchev–Trinajstić information content (AvgIpc) is 3.34. The number of hydrogen-bond donors (Lipinski definition) is 3. The van der Waals surface area contributed by atoms with E-state index in [-0.39, 0.29) is 28.7 Å². The molecule has 0 bridgehead atoms. The number of nitrogens with one attached hydrogen (secondary N) is 1. The number of nitrogens with zero attached hydrogens (tertiary/aromatic N) is 1. The van der Waals surface area contributed by atoms with Crippen molar-refractivity contribution in [3.63, 3.8) is 0 Å². The lowest BCUT2D eigenvalue weighted by Crippen LogP contribution is -2.52. The first-order valence-electron chi connectivity index (χ1n) is 8.73. The van der Waals surface area contributed by atoms with Gasteiger partial charge in [-0.2, -0.15) is 0 Å². The molecule has 5 unspecified atom stereocenters. The van der Waals surface area contributed by atoms with Gasteiger partial charge >= 0.3 is 6.03 Å². The van der Waals surface area contributed by atoms with E-state index in [2.05, 4.69) is 5.32 Å². The molecule has 0 aromatic rings. The number of amides is 2. The first-order valence-corrected chi connectivity index (χ1v) is 9.60. The molecule has 132 valence electrons. The van der Waals surface area contributed by atoms with Crippen LogP contribution in [-0.4, -0.2) is 58.1 Å². The van der Waals surface area contributed by atoms with Gasteiger partial charge in [-0.25, -0.2) is 4.79 Å². The number of carbonyl (C=O) groups is 1. The standard InChI is InChI=1S/C16H27Cl2N3O2/c17-12-7-11(14(22)8-13(12)18)15(19)9-3-5-21(6-4-9)16(23)20-10-1-2-10/h9-15,22H,1-8,19H2,(H,20,23). The van der Waals surface area contributed by atoms with Crippen LogP contribution < -0.4 is 11.1 Å². The van der Waals surface area contributed by atoms with Crippen LogP contribution in [0.15, 0.2) is 0 Å². The Balaban J connectivity index is 1.49. The predicted molar refractivity (Wildman–Crippen MR) is 91.8 cm³/mol. The Morgan fingerprint density at radius 1 is 1.13 bits per heavy atom. The number of nitrogens with two attached hydrogens (primary N) is 1. The Kier molecular flexibility index (Phi) is 5.61. The molecule has 0 aromatic carbocycles. The van der Waals surface area contributed by atoms with Gasteiger partial charge in [0.2, 0.25) is 0 Å². The second kappa shape index (κ2) is 7.34. The summed E-state index contributed by atoms with van der Waals surface area (Å²) in [5.74, 6) is 0.333. The van der Waals surface area contributed by atoms with Crippen LogP contribution >= 0.6 is 23.2 Å². The number of urea groups is 1. The van der Waals surface area contributed by atoms with Crippen molar-refractivity contribution in [3.8, 4) is 0 Å². The minimum absolute atomic E-state index is 0.00402. The zero-order valence-electron chi connectivity index (χ0n) is 13.3. The van der Waals surface area contributed by atoms with E-state index in [0.29, 0.717) is 24.8 Å². The highest BCUT2D eigenvalue weighted by atomic mass is 35.5. The Morgan fingerprint density at radius 2 is 1.74 bits per heavy atom. The Hall–Kier alpha value is -0.230. The van der Waals surface area contributed by atoms with Crippen molar-refractivity contribution < 1.29 is 9.90 Å². The van der Waals surface area contributed by atoms with Crippen molar-refractivity contribution in [2.75, 3.05) is 13.1 Å². The topological polar surface area (TPSA) is 78.6 Å². The zero-order chi connectivity index (χ0) is 16.6. The van der Waals surface area contributed by atoms with E-state index in [4.69, 9.17) is 28.9 Å². The molecule has 2 aliphatic carbocycles. The molecule has 2 saturated carbocycles. The number of aliphatic hydroxyl groups is 1. The number of rotatable bonds is 3. The number of carbonyl (C=O) groups excluding carboxylic acids is 1. The van der Waals surface area contributed by atoms with Gasteiger partial charge in [-0.05, 0) is 44.4 Å². The highest BCUT2D eigenvalue weighted by molar-refractivity contribution is 6.30. The fraction of sp³-hybridized carbons (Fsp3) is 0.938. The number of hydrogen-bond acceptors (Lipinski definition) is 3. The van der Waals surface area contributed by atoms with Crippen molar-refractivity contribution in [3.05, 3.63) is 0 Å². The summed E-state index contributed by atoms with van der Waals surface area (Å²) < 4.78 is 0. The van der Waals surface area contributed by atoms with Crippen LogP contribution in [0.5, 0.6) is 0 Å². The van der Waals surface area contributed by atoms with Crippen LogP contribution in [0.25, 0.3) is 0 Å². The molecule has 23 heavy (non-hydrogen) atoms. The molecular formula is C16H27Cl2N3O2. The monoisotopic (exact) mass is 363 g/mol. The zero-order valence-corrected chi connectivity index (χ0v) is 14.8. The molecule has 0 radical (unpaired) electrons. The van der Waals surface area contributed by atoms with Crippen LogP contribution in [0, 0.1) is 11.8 Å². The van der Waals surface area contributed by atoms with Crippen LogP contribution in [0.3, 0.4) is 0 Å². The Bertz CT molecular complexity index is 428. The number of alkyl halides is 2. The first kappa shape index (κ1) is 17.6. The predicted octanol–water partition coefficient (Wildman–Crippen LogP) is 1.88. The molecular weight excluding hydrogens is 337 g/mol. The van der Waals surface area contributed by atoms with Crippen molar-refractivity contribution in [1.82, 2.24) is 10.2 Å². The third-order valence-electron chi connectivity index (χ3n) is 5.62. The Morgan fingerprint density at radius 3 is 2.35 bits per heavy atom. The molecule has 4 N–H and O–H groups in total. The highest BCUT2D eigenvalue weighted by Crippen LogP contribution is 2.37. The number of piperidine rings is 1. The van der Waals surface area contributed by atoms with Crippen LogP contribution in [0.4, 0.5) is 4.79 Å². The minimum atomic E-state index is -0.473. The second-order valence-corrected chi connectivity index (χ2v) is 8.48. The van der Waals surface area contributed by atoms with E-state index < -0.39 is 6.10 Å². The quantitative estimate of drug-likeness (QED) is 0.669. The molecule has 3 fully saturated rings. The van der Waals surface area contributed by atoms with E-state index in [1.165, 1.54) is 0 Å². The summed E-state index contributed by atoms with van der Waals surface area (Å²) in [5, 5.41) is 13.0. The van der Waals surface area contributed by atoms with E-state index in [9.17, 15) is 9.90 Å². The van der Waals surface area contributed by atoms with Crippen molar-refractivity contribution in [1.29, 1.82) is 0 Å². The summed E-state index contributed by atoms with van der Waals surface area (Å²) in [6, 6.07) is 0.371. The number of halogens is 2. The van der Waals surface area contributed by atoms with Gasteiger partial charge in [0.15, 0.2) is 0 Å². The third kappa shape index (κ3) is 4.25. The summed E-state index contributed by atoms with van der Waals surface area (Å²) in [6.07, 6.45) is 4.69. The summed E-state index contributed by atoms with van der Waals surface area (Å²) in [5.41, 5.74) is 6.45. The Labute approximate surface area is 147 Å². The van der Waals surface area contributed by atoms with Gasteiger partial charge in [-0.15, -0.1) is 23.2 Å². The summed E-state index contributed by atoms with van der Waals surface area (Å²) in [4.78, 5) is 14.0. The van der Waals surface area contributed by atoms with E-state index in [1.807, 2.05) is 4.90 Å². The lowest BCUT2D eigenvalue weighted by atomic mass is 9.74. The van der Waals surface area contributed by atoms with Gasteiger partial charge in [-0.1, -0.05) is 0 Å². The van der Waals surface area contributed by atoms with E-state index in [0.717, 1.165) is 38.8 Å². The maximum Gasteiger partial charge on any atom is 0.317 e. The van der Waals surface area contributed by atoms with E-state index >= 15 is 0 Å². The molecule has 1 aliphatic heterocycles. The number of aliphatic hydroxyl groups excluding tert-OH is 1. The molecule has 3 aliphatic rings. The average molecular weight is 364 g/mol. The molecule has 3 rings (SSSR count). The van der Waals surface area contributed by atoms with Gasteiger partial charge < -0.3 is 21.1 Å². The largest absolute Gasteiger partial charge is 0.393 e. The second-order valence-electron chi connectivity index (χ2n) is 7.36. The molecule has 2 amide bonds. The summed E-state index contributed by atoms with van der Waals surface area (Å²) in [6.45, 7) is 1.48. The molecule has 0 spiro atoms. The first-order chi connectivity index (χ1) is 11.0. The fourth-order valence-corrected chi connectivity index (χ4v) is 4.46. The minimum Gasteiger partial charge on any atom is -0.393 e. The van der Waals surface area contributed by atoms with Crippen molar-refractivity contribution >= 4 is 29.2 Å². The molecule has 1 heterocycles. The van der Waals surface area contributed by atoms with Gasteiger partial charge in [-0.3, -0.25) is 0 Å². The van der Waals surface area contributed by atoms with Gasteiger partial charge in [0, 0.05) is 31.1 Å². The van der Waals surface area contributed by atoms with Crippen molar-refractivity contribution in [2.24, 2.45) is 17.6 Å². The van der Waals surface area contributed by atoms with Crippen LogP contribution in [0.1, 0.15) is 38.5 Å². The highest BCUT2D eigenvalue weighted by Gasteiger charge is 2.40. The van der Waals surface area contributed by atoms with Crippen molar-refractivity contribution in [2.45, 2.75) is 67.5 Å². The van der Waals surface area contributed by atoms with E-state index in [1.54, 1.807) is 0 Å². The lowest BCUT2D eigenvalue weighted by Gasteiger charge is -2.42. The van der Waals surface area contributed by atoms with Crippen LogP contribution in [0.2, 0.25) is 0 Å². The maximum atomic E-state index is 12.1. The summed E-state index contributed by atoms with van der Waals surface area (Å²) >= 11 is 12.4. The van der Waals surface area contributed by atoms with Gasteiger partial charge in [0.1, 0.15) is 0 Å². The summed E-state index contributed by atoms with van der Waals surface area (Å²) in [7, 11) is 0. The van der Waals surface area contributed by atoms with Crippen LogP contribution in [-0.2, 0) is 0 Å². The smallest absolute Gasteiger partial charge is 0.317 e. The molecule has 5 nitrogen and oxygen atoms in total. The number of likely N-dealkylation sites (tertiary alicyclic amines) is 1.